The van der Waals surface area contributed by atoms with Crippen LogP contribution in [0, 0.1) is 0 Å². The third-order valence-electron chi connectivity index (χ3n) is 2.82. The maximum Gasteiger partial charge on any atom is 0.343 e. The van der Waals surface area contributed by atoms with E-state index in [2.05, 4.69) is 9.72 Å². The van der Waals surface area contributed by atoms with Crippen LogP contribution in [-0.2, 0) is 11.2 Å². The van der Waals surface area contributed by atoms with Crippen LogP contribution in [0.3, 0.4) is 0 Å². The molecule has 0 saturated carbocycles. The van der Waals surface area contributed by atoms with E-state index >= 15 is 0 Å². The van der Waals surface area contributed by atoms with E-state index in [1.54, 1.807) is 12.1 Å². The minimum Gasteiger partial charge on any atom is -0.465 e. The topological polar surface area (TPSA) is 94.7 Å². The summed E-state index contributed by atoms with van der Waals surface area (Å²) in [5.74, 6) is 0.0896. The molecular formula is C15H16N2O4. The number of esters is 1. The van der Waals surface area contributed by atoms with E-state index in [-0.39, 0.29) is 18.1 Å². The fraction of sp³-hybridized carbons (Fsp3) is 0.200. The van der Waals surface area contributed by atoms with E-state index in [9.17, 15) is 4.79 Å². The average molecular weight is 288 g/mol. The van der Waals surface area contributed by atoms with Crippen molar-refractivity contribution in [2.24, 2.45) is 0 Å². The summed E-state index contributed by atoms with van der Waals surface area (Å²) in [6.45, 7) is 0.0895. The second-order valence-corrected chi connectivity index (χ2v) is 4.33. The monoisotopic (exact) mass is 288 g/mol. The fourth-order valence-corrected chi connectivity index (χ4v) is 1.77. The fourth-order valence-electron chi connectivity index (χ4n) is 1.77. The SMILES string of the molecule is COC(=O)c1cc(N)cnc1Oc1ccc(CCO)cc1. The van der Waals surface area contributed by atoms with Crippen LogP contribution in [0.25, 0.3) is 0 Å². The third kappa shape index (κ3) is 3.70. The molecule has 1 heterocycles. The Balaban J connectivity index is 2.24. The predicted octanol–water partition coefficient (Wildman–Crippen LogP) is 1.78. The Morgan fingerprint density at radius 3 is 2.67 bits per heavy atom. The molecule has 0 unspecified atom stereocenters. The number of ether oxygens (including phenoxy) is 2. The van der Waals surface area contributed by atoms with Crippen molar-refractivity contribution in [3.05, 3.63) is 47.7 Å². The van der Waals surface area contributed by atoms with Gasteiger partial charge in [0.05, 0.1) is 19.0 Å². The van der Waals surface area contributed by atoms with Crippen molar-refractivity contribution >= 4 is 11.7 Å². The van der Waals surface area contributed by atoms with Crippen molar-refractivity contribution in [2.75, 3.05) is 19.5 Å². The highest BCUT2D eigenvalue weighted by molar-refractivity contribution is 5.92. The molecule has 1 aromatic carbocycles. The van der Waals surface area contributed by atoms with Crippen LogP contribution in [0.4, 0.5) is 5.69 Å². The number of methoxy groups -OCH3 is 1. The van der Waals surface area contributed by atoms with Gasteiger partial charge in [0.25, 0.3) is 0 Å². The number of aromatic nitrogens is 1. The molecule has 110 valence electrons. The number of anilines is 1. The maximum absolute atomic E-state index is 11.7. The molecule has 0 saturated heterocycles. The van der Waals surface area contributed by atoms with Gasteiger partial charge in [0.15, 0.2) is 0 Å². The third-order valence-corrected chi connectivity index (χ3v) is 2.82. The van der Waals surface area contributed by atoms with Crippen LogP contribution < -0.4 is 10.5 Å². The van der Waals surface area contributed by atoms with Gasteiger partial charge in [-0.2, -0.15) is 0 Å². The van der Waals surface area contributed by atoms with Crippen LogP contribution in [0.5, 0.6) is 11.6 Å². The summed E-state index contributed by atoms with van der Waals surface area (Å²) in [5, 5.41) is 8.87. The first kappa shape index (κ1) is 14.8. The van der Waals surface area contributed by atoms with E-state index in [0.29, 0.717) is 17.9 Å². The summed E-state index contributed by atoms with van der Waals surface area (Å²) in [6.07, 6.45) is 1.98. The van der Waals surface area contributed by atoms with E-state index in [0.717, 1.165) is 5.56 Å². The molecular weight excluding hydrogens is 272 g/mol. The Morgan fingerprint density at radius 2 is 2.05 bits per heavy atom. The lowest BCUT2D eigenvalue weighted by atomic mass is 10.1. The molecule has 0 aliphatic rings. The van der Waals surface area contributed by atoms with Crippen molar-refractivity contribution in [1.82, 2.24) is 4.98 Å². The standard InChI is InChI=1S/C15H16N2O4/c1-20-15(19)13-8-11(16)9-17-14(13)21-12-4-2-10(3-5-12)6-7-18/h2-5,8-9,18H,6-7,16H2,1H3. The van der Waals surface area contributed by atoms with Gasteiger partial charge in [0.2, 0.25) is 5.88 Å². The van der Waals surface area contributed by atoms with Crippen molar-refractivity contribution in [2.45, 2.75) is 6.42 Å². The smallest absolute Gasteiger partial charge is 0.343 e. The van der Waals surface area contributed by atoms with Crippen molar-refractivity contribution in [1.29, 1.82) is 0 Å². The first-order valence-corrected chi connectivity index (χ1v) is 6.35. The second-order valence-electron chi connectivity index (χ2n) is 4.33. The Kier molecular flexibility index (Phi) is 4.73. The highest BCUT2D eigenvalue weighted by atomic mass is 16.5. The predicted molar refractivity (Wildman–Crippen MR) is 77.3 cm³/mol. The van der Waals surface area contributed by atoms with Gasteiger partial charge >= 0.3 is 5.97 Å². The molecule has 0 aliphatic carbocycles. The van der Waals surface area contributed by atoms with E-state index < -0.39 is 5.97 Å². The normalized spacial score (nSPS) is 10.2. The lowest BCUT2D eigenvalue weighted by Gasteiger charge is -2.09. The van der Waals surface area contributed by atoms with Crippen LogP contribution in [0.15, 0.2) is 36.5 Å². The molecule has 0 atom stereocenters. The lowest BCUT2D eigenvalue weighted by molar-refractivity contribution is 0.0597. The van der Waals surface area contributed by atoms with E-state index in [4.69, 9.17) is 15.6 Å². The molecule has 21 heavy (non-hydrogen) atoms. The number of carbonyl (C=O) groups excluding carboxylic acids is 1. The number of nitrogen functional groups attached to an aromatic ring is 1. The van der Waals surface area contributed by atoms with E-state index in [1.165, 1.54) is 19.4 Å². The van der Waals surface area contributed by atoms with Crippen molar-refractivity contribution in [3.63, 3.8) is 0 Å². The van der Waals surface area contributed by atoms with Gasteiger partial charge in [0, 0.05) is 6.61 Å². The zero-order valence-corrected chi connectivity index (χ0v) is 11.6. The molecule has 1 aromatic heterocycles. The summed E-state index contributed by atoms with van der Waals surface area (Å²) in [7, 11) is 1.28. The molecule has 2 aromatic rings. The van der Waals surface area contributed by atoms with Crippen molar-refractivity contribution in [3.8, 4) is 11.6 Å². The first-order valence-electron chi connectivity index (χ1n) is 6.35. The van der Waals surface area contributed by atoms with Crippen LogP contribution in [0.1, 0.15) is 15.9 Å². The number of benzene rings is 1. The van der Waals surface area contributed by atoms with Crippen LogP contribution >= 0.6 is 0 Å². The number of aliphatic hydroxyl groups excluding tert-OH is 1. The molecule has 0 aliphatic heterocycles. The minimum absolute atomic E-state index is 0.0895. The zero-order valence-electron chi connectivity index (χ0n) is 11.6. The van der Waals surface area contributed by atoms with Gasteiger partial charge in [-0.25, -0.2) is 9.78 Å². The van der Waals surface area contributed by atoms with Crippen LogP contribution in [0.2, 0.25) is 0 Å². The number of rotatable bonds is 5. The molecule has 3 N–H and O–H groups in total. The number of hydrogen-bond donors (Lipinski definition) is 2. The van der Waals surface area contributed by atoms with Crippen molar-refractivity contribution < 1.29 is 19.4 Å². The Bertz CT molecular complexity index is 626. The highest BCUT2D eigenvalue weighted by Gasteiger charge is 2.15. The zero-order chi connectivity index (χ0) is 15.2. The van der Waals surface area contributed by atoms with Crippen LogP contribution in [-0.4, -0.2) is 29.8 Å². The Hall–Kier alpha value is -2.60. The van der Waals surface area contributed by atoms with Gasteiger partial charge in [0.1, 0.15) is 11.3 Å². The summed E-state index contributed by atoms with van der Waals surface area (Å²) in [4.78, 5) is 15.7. The Morgan fingerprint density at radius 1 is 1.33 bits per heavy atom. The number of nitrogens with two attached hydrogens (primary N) is 1. The molecule has 2 rings (SSSR count). The van der Waals surface area contributed by atoms with Gasteiger partial charge in [-0.15, -0.1) is 0 Å². The maximum atomic E-state index is 11.7. The lowest BCUT2D eigenvalue weighted by Crippen LogP contribution is -2.06. The summed E-state index contributed by atoms with van der Waals surface area (Å²) < 4.78 is 10.3. The number of hydrogen-bond acceptors (Lipinski definition) is 6. The van der Waals surface area contributed by atoms with Gasteiger partial charge in [-0.05, 0) is 30.2 Å². The van der Waals surface area contributed by atoms with Gasteiger partial charge in [-0.3, -0.25) is 0 Å². The first-order chi connectivity index (χ1) is 10.1. The minimum atomic E-state index is -0.568. The molecule has 0 bridgehead atoms. The number of nitrogens with zero attached hydrogens (tertiary/aromatic N) is 1. The summed E-state index contributed by atoms with van der Waals surface area (Å²) >= 11 is 0. The van der Waals surface area contributed by atoms with E-state index in [1.807, 2.05) is 12.1 Å². The molecule has 0 spiro atoms. The van der Waals surface area contributed by atoms with Gasteiger partial charge < -0.3 is 20.3 Å². The number of pyridine rings is 1. The molecule has 6 heteroatoms. The molecule has 0 amide bonds. The summed E-state index contributed by atoms with van der Waals surface area (Å²) in [5.41, 5.74) is 7.12. The molecule has 0 fully saturated rings. The molecule has 6 nitrogen and oxygen atoms in total. The highest BCUT2D eigenvalue weighted by Crippen LogP contribution is 2.25. The molecule has 0 radical (unpaired) electrons. The largest absolute Gasteiger partial charge is 0.465 e. The average Bonchev–Trinajstić information content (AvgIpc) is 2.50. The Labute approximate surface area is 122 Å². The number of aliphatic hydroxyl groups is 1. The number of carbonyl (C=O) groups is 1. The second kappa shape index (κ2) is 6.71. The quantitative estimate of drug-likeness (QED) is 0.814. The van der Waals surface area contributed by atoms with Gasteiger partial charge in [-0.1, -0.05) is 12.1 Å². The summed E-state index contributed by atoms with van der Waals surface area (Å²) in [6, 6.07) is 8.60.